The van der Waals surface area contributed by atoms with E-state index in [-0.39, 0.29) is 12.4 Å². The Morgan fingerprint density at radius 1 is 1.47 bits per heavy atom. The average molecular weight is 264 g/mol. The largest absolute Gasteiger partial charge is 0.465 e. The van der Waals surface area contributed by atoms with Gasteiger partial charge in [-0.15, -0.1) is 0 Å². The van der Waals surface area contributed by atoms with Gasteiger partial charge in [-0.3, -0.25) is 4.79 Å². The molecule has 1 aliphatic rings. The lowest BCUT2D eigenvalue weighted by atomic mass is 10.2. The highest BCUT2D eigenvalue weighted by Crippen LogP contribution is 2.12. The van der Waals surface area contributed by atoms with Crippen molar-refractivity contribution in [3.05, 3.63) is 0 Å². The first-order valence-electron chi connectivity index (χ1n) is 5.89. The number of nitrogens with zero attached hydrogens (tertiary/aromatic N) is 1. The molecule has 0 bridgehead atoms. The maximum Gasteiger partial charge on any atom is 0.325 e. The van der Waals surface area contributed by atoms with Crippen LogP contribution in [0.3, 0.4) is 0 Å². The maximum absolute atomic E-state index is 12.0. The van der Waals surface area contributed by atoms with Crippen molar-refractivity contribution >= 4 is 16.0 Å². The van der Waals surface area contributed by atoms with E-state index in [9.17, 15) is 13.2 Å². The van der Waals surface area contributed by atoms with Crippen molar-refractivity contribution in [2.45, 2.75) is 26.3 Å². The number of hydrogen-bond donors (Lipinski definition) is 1. The fourth-order valence-corrected chi connectivity index (χ4v) is 3.50. The molecular weight excluding hydrogens is 244 g/mol. The minimum absolute atomic E-state index is 0.0723. The molecule has 17 heavy (non-hydrogen) atoms. The average Bonchev–Trinajstić information content (AvgIpc) is 2.29. The van der Waals surface area contributed by atoms with Gasteiger partial charge >= 0.3 is 5.97 Å². The van der Waals surface area contributed by atoms with E-state index >= 15 is 0 Å². The maximum atomic E-state index is 12.0. The minimum atomic E-state index is -3.35. The summed E-state index contributed by atoms with van der Waals surface area (Å²) in [5, 5.41) is 3.01. The highest BCUT2D eigenvalue weighted by molar-refractivity contribution is 7.89. The third-order valence-corrected chi connectivity index (χ3v) is 4.65. The van der Waals surface area contributed by atoms with Gasteiger partial charge in [-0.25, -0.2) is 8.42 Å². The molecule has 1 rings (SSSR count). The van der Waals surface area contributed by atoms with Gasteiger partial charge in [-0.1, -0.05) is 6.92 Å². The number of carbonyl (C=O) groups is 1. The second-order valence-electron chi connectivity index (χ2n) is 3.90. The number of hydrogen-bond acceptors (Lipinski definition) is 5. The zero-order valence-electron chi connectivity index (χ0n) is 10.3. The van der Waals surface area contributed by atoms with Gasteiger partial charge in [0.2, 0.25) is 10.0 Å². The van der Waals surface area contributed by atoms with Gasteiger partial charge in [-0.2, -0.15) is 4.31 Å². The van der Waals surface area contributed by atoms with E-state index in [2.05, 4.69) is 5.32 Å². The van der Waals surface area contributed by atoms with Crippen molar-refractivity contribution in [3.8, 4) is 0 Å². The second kappa shape index (κ2) is 6.32. The molecule has 1 N–H and O–H groups in total. The van der Waals surface area contributed by atoms with Gasteiger partial charge in [-0.05, 0) is 13.3 Å². The van der Waals surface area contributed by atoms with Gasteiger partial charge in [0.1, 0.15) is 6.04 Å². The molecule has 0 aromatic heterocycles. The Hall–Kier alpha value is -0.660. The van der Waals surface area contributed by atoms with E-state index in [4.69, 9.17) is 4.74 Å². The first-order valence-corrected chi connectivity index (χ1v) is 7.50. The lowest BCUT2D eigenvalue weighted by Crippen LogP contribution is -2.57. The van der Waals surface area contributed by atoms with E-state index in [1.165, 1.54) is 4.31 Å². The second-order valence-corrected chi connectivity index (χ2v) is 5.94. The van der Waals surface area contributed by atoms with Crippen LogP contribution in [0.4, 0.5) is 0 Å². The molecule has 1 fully saturated rings. The summed E-state index contributed by atoms with van der Waals surface area (Å²) in [7, 11) is -3.35. The molecule has 0 radical (unpaired) electrons. The van der Waals surface area contributed by atoms with Crippen LogP contribution < -0.4 is 5.32 Å². The molecule has 1 saturated heterocycles. The van der Waals surface area contributed by atoms with Crippen LogP contribution in [0.1, 0.15) is 20.3 Å². The van der Waals surface area contributed by atoms with Gasteiger partial charge in [0.15, 0.2) is 0 Å². The normalized spacial score (nSPS) is 22.4. The molecule has 0 aromatic carbocycles. The third-order valence-electron chi connectivity index (χ3n) is 2.57. The zero-order valence-corrected chi connectivity index (χ0v) is 11.1. The Labute approximate surface area is 102 Å². The highest BCUT2D eigenvalue weighted by Gasteiger charge is 2.36. The molecule has 1 heterocycles. The Balaban J connectivity index is 2.82. The van der Waals surface area contributed by atoms with E-state index in [1.807, 2.05) is 0 Å². The molecule has 0 saturated carbocycles. The summed E-state index contributed by atoms with van der Waals surface area (Å²) in [4.78, 5) is 11.7. The SMILES string of the molecule is CCCS(=O)(=O)N1CCNCC1C(=O)OCC. The summed E-state index contributed by atoms with van der Waals surface area (Å²) in [6.07, 6.45) is 0.543. The first-order chi connectivity index (χ1) is 8.03. The van der Waals surface area contributed by atoms with Crippen LogP contribution >= 0.6 is 0 Å². The van der Waals surface area contributed by atoms with E-state index in [1.54, 1.807) is 13.8 Å². The number of nitrogens with one attached hydrogen (secondary N) is 1. The van der Waals surface area contributed by atoms with Crippen LogP contribution in [-0.2, 0) is 19.6 Å². The molecule has 0 spiro atoms. The molecule has 0 aliphatic carbocycles. The Bertz CT molecular complexity index is 355. The Morgan fingerprint density at radius 2 is 2.18 bits per heavy atom. The molecule has 0 aromatic rings. The number of rotatable bonds is 5. The molecule has 7 heteroatoms. The van der Waals surface area contributed by atoms with E-state index in [0.29, 0.717) is 26.1 Å². The van der Waals surface area contributed by atoms with Crippen molar-refractivity contribution in [1.82, 2.24) is 9.62 Å². The topological polar surface area (TPSA) is 75.7 Å². The van der Waals surface area contributed by atoms with Gasteiger partial charge in [0, 0.05) is 19.6 Å². The molecule has 100 valence electrons. The smallest absolute Gasteiger partial charge is 0.325 e. The summed E-state index contributed by atoms with van der Waals surface area (Å²) in [6, 6.07) is -0.722. The Kier molecular flexibility index (Phi) is 5.35. The van der Waals surface area contributed by atoms with E-state index < -0.39 is 22.0 Å². The lowest BCUT2D eigenvalue weighted by Gasteiger charge is -2.33. The summed E-state index contributed by atoms with van der Waals surface area (Å²) < 4.78 is 30.2. The monoisotopic (exact) mass is 264 g/mol. The van der Waals surface area contributed by atoms with Crippen LogP contribution in [0, 0.1) is 0 Å². The van der Waals surface area contributed by atoms with Crippen molar-refractivity contribution in [2.75, 3.05) is 32.0 Å². The van der Waals surface area contributed by atoms with Crippen molar-refractivity contribution in [2.24, 2.45) is 0 Å². The fraction of sp³-hybridized carbons (Fsp3) is 0.900. The molecule has 1 atom stereocenters. The predicted octanol–water partition coefficient (Wildman–Crippen LogP) is -0.437. The predicted molar refractivity (Wildman–Crippen MR) is 64.1 cm³/mol. The molecular formula is C10H20N2O4S. The number of esters is 1. The molecule has 6 nitrogen and oxygen atoms in total. The van der Waals surface area contributed by atoms with Gasteiger partial charge in [0.25, 0.3) is 0 Å². The van der Waals surface area contributed by atoms with Gasteiger partial charge in [0.05, 0.1) is 12.4 Å². The van der Waals surface area contributed by atoms with Crippen LogP contribution in [0.5, 0.6) is 0 Å². The lowest BCUT2D eigenvalue weighted by molar-refractivity contribution is -0.148. The van der Waals surface area contributed by atoms with Crippen molar-refractivity contribution in [3.63, 3.8) is 0 Å². The Morgan fingerprint density at radius 3 is 2.76 bits per heavy atom. The number of carbonyl (C=O) groups excluding carboxylic acids is 1. The summed E-state index contributed by atoms with van der Waals surface area (Å²) in [6.45, 7) is 4.99. The van der Waals surface area contributed by atoms with Crippen LogP contribution in [-0.4, -0.2) is 56.7 Å². The molecule has 1 unspecified atom stereocenters. The van der Waals surface area contributed by atoms with Gasteiger partial charge < -0.3 is 10.1 Å². The summed E-state index contributed by atoms with van der Waals surface area (Å²) >= 11 is 0. The zero-order chi connectivity index (χ0) is 12.9. The highest BCUT2D eigenvalue weighted by atomic mass is 32.2. The van der Waals surface area contributed by atoms with Crippen LogP contribution in [0.15, 0.2) is 0 Å². The number of ether oxygens (including phenoxy) is 1. The van der Waals surface area contributed by atoms with Crippen LogP contribution in [0.2, 0.25) is 0 Å². The summed E-state index contributed by atoms with van der Waals surface area (Å²) in [5.74, 6) is -0.400. The standard InChI is InChI=1S/C10H20N2O4S/c1-3-7-17(14,15)12-6-5-11-8-9(12)10(13)16-4-2/h9,11H,3-8H2,1-2H3. The molecule has 1 aliphatic heterocycles. The number of sulfonamides is 1. The quantitative estimate of drug-likeness (QED) is 0.682. The van der Waals surface area contributed by atoms with Crippen molar-refractivity contribution < 1.29 is 17.9 Å². The fourth-order valence-electron chi connectivity index (χ4n) is 1.83. The first kappa shape index (κ1) is 14.4. The number of piperazine rings is 1. The van der Waals surface area contributed by atoms with Crippen LogP contribution in [0.25, 0.3) is 0 Å². The molecule has 0 amide bonds. The van der Waals surface area contributed by atoms with E-state index in [0.717, 1.165) is 0 Å². The van der Waals surface area contributed by atoms with Crippen molar-refractivity contribution in [1.29, 1.82) is 0 Å². The minimum Gasteiger partial charge on any atom is -0.465 e. The third kappa shape index (κ3) is 3.65. The summed E-state index contributed by atoms with van der Waals surface area (Å²) in [5.41, 5.74) is 0.